The number of aliphatic hydroxyl groups is 1. The molecule has 1 aliphatic heterocycles. The van der Waals surface area contributed by atoms with Crippen molar-refractivity contribution >= 4 is 22.4 Å². The van der Waals surface area contributed by atoms with Crippen LogP contribution in [-0.2, 0) is 10.0 Å². The predicted octanol–water partition coefficient (Wildman–Crippen LogP) is 0.416. The zero-order valence-electron chi connectivity index (χ0n) is 11.9. The Morgan fingerprint density at radius 1 is 1.14 bits per heavy atom. The summed E-state index contributed by atoms with van der Waals surface area (Å²) in [5, 5.41) is 8.89. The van der Waals surface area contributed by atoms with Gasteiger partial charge in [0.2, 0.25) is 10.0 Å². The van der Waals surface area contributed by atoms with Crippen LogP contribution in [-0.4, -0.2) is 69.2 Å². The monoisotopic (exact) mass is 336 g/mol. The molecular formula is C13H21ClN2O4S. The number of piperazine rings is 1. The maximum atomic E-state index is 12.5. The van der Waals surface area contributed by atoms with Gasteiger partial charge in [-0.1, -0.05) is 0 Å². The van der Waals surface area contributed by atoms with Gasteiger partial charge in [-0.2, -0.15) is 4.31 Å². The predicted molar refractivity (Wildman–Crippen MR) is 82.5 cm³/mol. The van der Waals surface area contributed by atoms with E-state index >= 15 is 0 Å². The molecule has 0 spiro atoms. The van der Waals surface area contributed by atoms with Crippen molar-refractivity contribution in [3.05, 3.63) is 24.3 Å². The first kappa shape index (κ1) is 18.2. The van der Waals surface area contributed by atoms with E-state index in [-0.39, 0.29) is 23.9 Å². The summed E-state index contributed by atoms with van der Waals surface area (Å²) in [4.78, 5) is 2.34. The molecule has 0 unspecified atom stereocenters. The van der Waals surface area contributed by atoms with Gasteiger partial charge in [-0.25, -0.2) is 8.42 Å². The fourth-order valence-corrected chi connectivity index (χ4v) is 3.65. The molecule has 1 saturated heterocycles. The Balaban J connectivity index is 0.00000220. The Hall–Kier alpha value is -0.860. The van der Waals surface area contributed by atoms with Gasteiger partial charge in [0, 0.05) is 32.7 Å². The van der Waals surface area contributed by atoms with E-state index in [1.165, 1.54) is 4.31 Å². The standard InChI is InChI=1S/C13H20N2O4S.ClH/c1-19-12-2-4-13(5-3-12)20(17,18)15-8-6-14(7-9-15)10-11-16;/h2-5,16H,6-11H2,1H3;1H. The van der Waals surface area contributed by atoms with E-state index in [9.17, 15) is 8.42 Å². The summed E-state index contributed by atoms with van der Waals surface area (Å²) in [6.07, 6.45) is 0. The molecule has 1 fully saturated rings. The molecule has 1 aliphatic rings. The molecule has 8 heteroatoms. The Kier molecular flexibility index (Phi) is 6.89. The highest BCUT2D eigenvalue weighted by Crippen LogP contribution is 2.20. The summed E-state index contributed by atoms with van der Waals surface area (Å²) in [5.74, 6) is 0.636. The van der Waals surface area contributed by atoms with Crippen molar-refractivity contribution in [2.75, 3.05) is 46.4 Å². The molecule has 1 aromatic carbocycles. The van der Waals surface area contributed by atoms with Crippen molar-refractivity contribution < 1.29 is 18.3 Å². The van der Waals surface area contributed by atoms with E-state index in [2.05, 4.69) is 4.90 Å². The summed E-state index contributed by atoms with van der Waals surface area (Å²) in [6.45, 7) is 2.90. The molecule has 1 aromatic rings. The average Bonchev–Trinajstić information content (AvgIpc) is 2.48. The Bertz CT molecular complexity index is 528. The third-order valence-electron chi connectivity index (χ3n) is 3.44. The van der Waals surface area contributed by atoms with Gasteiger partial charge in [0.1, 0.15) is 5.75 Å². The second-order valence-electron chi connectivity index (χ2n) is 4.64. The van der Waals surface area contributed by atoms with E-state index in [4.69, 9.17) is 9.84 Å². The molecule has 0 saturated carbocycles. The third kappa shape index (κ3) is 4.31. The molecule has 120 valence electrons. The highest BCUT2D eigenvalue weighted by Gasteiger charge is 2.28. The zero-order valence-corrected chi connectivity index (χ0v) is 13.6. The Morgan fingerprint density at radius 3 is 2.19 bits per heavy atom. The van der Waals surface area contributed by atoms with Crippen LogP contribution in [0.3, 0.4) is 0 Å². The van der Waals surface area contributed by atoms with Crippen LogP contribution in [0.2, 0.25) is 0 Å². The molecule has 0 bridgehead atoms. The fraction of sp³-hybridized carbons (Fsp3) is 0.538. The van der Waals surface area contributed by atoms with Crippen molar-refractivity contribution in [2.45, 2.75) is 4.90 Å². The van der Waals surface area contributed by atoms with Gasteiger partial charge in [0.25, 0.3) is 0 Å². The highest BCUT2D eigenvalue weighted by molar-refractivity contribution is 7.89. The lowest BCUT2D eigenvalue weighted by Gasteiger charge is -2.33. The van der Waals surface area contributed by atoms with Gasteiger partial charge in [-0.3, -0.25) is 4.90 Å². The van der Waals surface area contributed by atoms with E-state index in [1.807, 2.05) is 0 Å². The number of β-amino-alcohol motifs (C(OH)–C–C–N with tert-alkyl or cyclic N) is 1. The van der Waals surface area contributed by atoms with Crippen molar-refractivity contribution in [1.82, 2.24) is 9.21 Å². The lowest BCUT2D eigenvalue weighted by atomic mass is 10.3. The summed E-state index contributed by atoms with van der Waals surface area (Å²) >= 11 is 0. The molecule has 6 nitrogen and oxygen atoms in total. The second-order valence-corrected chi connectivity index (χ2v) is 6.58. The molecule has 0 aliphatic carbocycles. The van der Waals surface area contributed by atoms with Crippen LogP contribution in [0.5, 0.6) is 5.75 Å². The van der Waals surface area contributed by atoms with E-state index in [0.29, 0.717) is 38.5 Å². The summed E-state index contributed by atoms with van der Waals surface area (Å²) in [5.41, 5.74) is 0. The number of benzene rings is 1. The van der Waals surface area contributed by atoms with Gasteiger partial charge in [-0.05, 0) is 24.3 Å². The second kappa shape index (κ2) is 7.95. The van der Waals surface area contributed by atoms with Crippen molar-refractivity contribution in [3.63, 3.8) is 0 Å². The van der Waals surface area contributed by atoms with Gasteiger partial charge in [0.15, 0.2) is 0 Å². The van der Waals surface area contributed by atoms with Crippen LogP contribution in [0, 0.1) is 0 Å². The van der Waals surface area contributed by atoms with E-state index < -0.39 is 10.0 Å². The van der Waals surface area contributed by atoms with Crippen LogP contribution in [0.25, 0.3) is 0 Å². The van der Waals surface area contributed by atoms with Gasteiger partial charge in [-0.15, -0.1) is 12.4 Å². The molecule has 1 heterocycles. The van der Waals surface area contributed by atoms with Crippen LogP contribution >= 0.6 is 12.4 Å². The van der Waals surface area contributed by atoms with Gasteiger partial charge >= 0.3 is 0 Å². The SMILES string of the molecule is COc1ccc(S(=O)(=O)N2CCN(CCO)CC2)cc1.Cl. The quantitative estimate of drug-likeness (QED) is 0.843. The summed E-state index contributed by atoms with van der Waals surface area (Å²) in [7, 11) is -1.89. The highest BCUT2D eigenvalue weighted by atomic mass is 35.5. The molecule has 0 aromatic heterocycles. The average molecular weight is 337 g/mol. The lowest BCUT2D eigenvalue weighted by molar-refractivity contribution is 0.151. The fourth-order valence-electron chi connectivity index (χ4n) is 2.23. The molecule has 0 atom stereocenters. The number of aliphatic hydroxyl groups excluding tert-OH is 1. The molecule has 0 radical (unpaired) electrons. The first-order valence-corrected chi connectivity index (χ1v) is 7.99. The van der Waals surface area contributed by atoms with Crippen LogP contribution in [0.4, 0.5) is 0 Å². The van der Waals surface area contributed by atoms with E-state index in [0.717, 1.165) is 0 Å². The lowest BCUT2D eigenvalue weighted by Crippen LogP contribution is -2.49. The number of methoxy groups -OCH3 is 1. The number of rotatable bonds is 5. The first-order chi connectivity index (χ1) is 9.57. The summed E-state index contributed by atoms with van der Waals surface area (Å²) in [6, 6.07) is 6.42. The van der Waals surface area contributed by atoms with E-state index in [1.54, 1.807) is 31.4 Å². The van der Waals surface area contributed by atoms with Crippen LogP contribution in [0.15, 0.2) is 29.2 Å². The largest absolute Gasteiger partial charge is 0.497 e. The minimum absolute atomic E-state index is 0. The molecule has 21 heavy (non-hydrogen) atoms. The van der Waals surface area contributed by atoms with Gasteiger partial charge in [0.05, 0.1) is 18.6 Å². The maximum Gasteiger partial charge on any atom is 0.243 e. The number of sulfonamides is 1. The van der Waals surface area contributed by atoms with Gasteiger partial charge < -0.3 is 9.84 Å². The summed E-state index contributed by atoms with van der Waals surface area (Å²) < 4.78 is 31.5. The third-order valence-corrected chi connectivity index (χ3v) is 5.36. The first-order valence-electron chi connectivity index (χ1n) is 6.55. The topological polar surface area (TPSA) is 70.1 Å². The minimum Gasteiger partial charge on any atom is -0.497 e. The van der Waals surface area contributed by atoms with Crippen LogP contribution in [0.1, 0.15) is 0 Å². The molecule has 2 rings (SSSR count). The van der Waals surface area contributed by atoms with Crippen LogP contribution < -0.4 is 4.74 Å². The maximum absolute atomic E-state index is 12.5. The number of hydrogen-bond donors (Lipinski definition) is 1. The molecular weight excluding hydrogens is 316 g/mol. The minimum atomic E-state index is -3.44. The number of ether oxygens (including phenoxy) is 1. The number of halogens is 1. The normalized spacial score (nSPS) is 17.2. The smallest absolute Gasteiger partial charge is 0.243 e. The molecule has 1 N–H and O–H groups in total. The van der Waals surface area contributed by atoms with Crippen molar-refractivity contribution in [2.24, 2.45) is 0 Å². The number of nitrogens with zero attached hydrogens (tertiary/aromatic N) is 2. The number of hydrogen-bond acceptors (Lipinski definition) is 5. The zero-order chi connectivity index (χ0) is 14.6. The molecule has 0 amide bonds. The van der Waals surface area contributed by atoms with Crippen molar-refractivity contribution in [1.29, 1.82) is 0 Å². The van der Waals surface area contributed by atoms with Crippen molar-refractivity contribution in [3.8, 4) is 5.75 Å². The Labute approximate surface area is 131 Å². The Morgan fingerprint density at radius 2 is 1.71 bits per heavy atom.